The molecule has 1 saturated heterocycles. The van der Waals surface area contributed by atoms with Crippen LogP contribution >= 0.6 is 17.0 Å². The third kappa shape index (κ3) is 1.03. The summed E-state index contributed by atoms with van der Waals surface area (Å²) in [5.74, 6) is 0. The summed E-state index contributed by atoms with van der Waals surface area (Å²) in [7, 11) is -11.1. The molecule has 86 valence electrons. The molecule has 1 rings (SSSR count). The van der Waals surface area contributed by atoms with E-state index in [1.165, 1.54) is 0 Å². The zero-order chi connectivity index (χ0) is 11.6. The van der Waals surface area contributed by atoms with E-state index >= 15 is 0 Å². The van der Waals surface area contributed by atoms with Crippen molar-refractivity contribution >= 4 is 31.1 Å². The van der Waals surface area contributed by atoms with Crippen molar-refractivity contribution in [1.82, 2.24) is 0 Å². The van der Waals surface area contributed by atoms with Crippen LogP contribution in [-0.2, 0) is 14.0 Å². The average Bonchev–Trinajstić information content (AvgIpc) is 2.05. The van der Waals surface area contributed by atoms with E-state index in [9.17, 15) is 34.4 Å². The molecule has 1 fully saturated rings. The summed E-state index contributed by atoms with van der Waals surface area (Å²) in [6.45, 7) is 0. The first-order chi connectivity index (χ1) is 5.90. The molecule has 0 unspecified atom stereocenters. The Morgan fingerprint density at radius 1 is 0.857 bits per heavy atom. The predicted octanol–water partition coefficient (Wildman–Crippen LogP) is 0.981. The van der Waals surface area contributed by atoms with Crippen LogP contribution in [0.4, 0.5) is 17.6 Å². The summed E-state index contributed by atoms with van der Waals surface area (Å²) in [6.07, 6.45) is 0. The minimum atomic E-state index is -5.53. The van der Waals surface area contributed by atoms with Gasteiger partial charge in [-0.2, -0.15) is 0 Å². The normalized spacial score (nSPS) is 34.2. The molecule has 1 aliphatic rings. The van der Waals surface area contributed by atoms with Gasteiger partial charge in [0.05, 0.1) is 0 Å². The molecule has 14 heavy (non-hydrogen) atoms. The Bertz CT molecular complexity index is 421. The molecule has 0 aromatic carbocycles. The maximum absolute atomic E-state index is 12.6. The Labute approximate surface area is 80.8 Å². The van der Waals surface area contributed by atoms with Crippen LogP contribution in [0.25, 0.3) is 0 Å². The fraction of sp³-hybridized carbons (Fsp3) is 1.00. The summed E-state index contributed by atoms with van der Waals surface area (Å²) < 4.78 is 93.1. The van der Waals surface area contributed by atoms with Crippen molar-refractivity contribution in [2.45, 2.75) is 10.5 Å². The topological polar surface area (TPSA) is 68.3 Å². The number of alkyl halides is 5. The van der Waals surface area contributed by atoms with Crippen molar-refractivity contribution in [3.8, 4) is 0 Å². The first-order valence-electron chi connectivity index (χ1n) is 2.77. The monoisotopic (exact) mass is 370 g/mol. The molecular weight excluding hydrogens is 367 g/mol. The number of rotatable bonds is 0. The fourth-order valence-corrected chi connectivity index (χ4v) is 19.3. The van der Waals surface area contributed by atoms with Crippen molar-refractivity contribution < 1.29 is 34.4 Å². The van der Waals surface area contributed by atoms with Gasteiger partial charge in [0.1, 0.15) is 0 Å². The number of halogens is 5. The number of hydrogen-bond donors (Lipinski definition) is 0. The maximum atomic E-state index is 12.6. The van der Waals surface area contributed by atoms with E-state index in [0.717, 1.165) is 0 Å². The summed E-state index contributed by atoms with van der Waals surface area (Å²) in [5.41, 5.74) is 0. The van der Waals surface area contributed by atoms with Crippen LogP contribution in [0.3, 0.4) is 0 Å². The Hall–Kier alpha value is 0.350. The van der Waals surface area contributed by atoms with Crippen molar-refractivity contribution in [2.24, 2.45) is 0 Å². The van der Waals surface area contributed by atoms with Crippen LogP contribution in [0.5, 0.6) is 0 Å². The SMILES string of the molecule is CI1S(=O)(=O)C(F)(F)C(F)(F)S1(=O)=O. The van der Waals surface area contributed by atoms with E-state index in [1.54, 1.807) is 0 Å². The van der Waals surface area contributed by atoms with E-state index in [1.807, 2.05) is 0 Å². The van der Waals surface area contributed by atoms with Crippen LogP contribution < -0.4 is 0 Å². The van der Waals surface area contributed by atoms with Crippen LogP contribution in [0.1, 0.15) is 0 Å². The molecule has 0 amide bonds. The van der Waals surface area contributed by atoms with Crippen LogP contribution in [0.15, 0.2) is 0 Å². The first kappa shape index (κ1) is 12.4. The molecule has 0 atom stereocenters. The predicted molar refractivity (Wildman–Crippen MR) is 47.7 cm³/mol. The van der Waals surface area contributed by atoms with Crippen molar-refractivity contribution in [3.05, 3.63) is 0 Å². The molecule has 0 aromatic heterocycles. The van der Waals surface area contributed by atoms with Gasteiger partial charge in [-0.25, -0.2) is 0 Å². The summed E-state index contributed by atoms with van der Waals surface area (Å²) in [4.78, 5) is 0.448. The Morgan fingerprint density at radius 2 is 1.07 bits per heavy atom. The second-order valence-electron chi connectivity index (χ2n) is 2.28. The first-order valence-corrected chi connectivity index (χ1v) is 13.0. The molecule has 0 aromatic rings. The molecular formula is C3H3F4IO4S2. The van der Waals surface area contributed by atoms with Crippen LogP contribution in [0.2, 0.25) is 0 Å². The van der Waals surface area contributed by atoms with Gasteiger partial charge in [-0.05, 0) is 0 Å². The van der Waals surface area contributed by atoms with Crippen molar-refractivity contribution in [2.75, 3.05) is 4.93 Å². The summed E-state index contributed by atoms with van der Waals surface area (Å²) in [6, 6.07) is 0. The number of hydrogen-bond acceptors (Lipinski definition) is 4. The van der Waals surface area contributed by atoms with Gasteiger partial charge in [-0.3, -0.25) is 0 Å². The molecule has 11 heteroatoms. The van der Waals surface area contributed by atoms with E-state index < -0.39 is 41.6 Å². The third-order valence-corrected chi connectivity index (χ3v) is 24.3. The van der Waals surface area contributed by atoms with Crippen molar-refractivity contribution in [3.63, 3.8) is 0 Å². The average molecular weight is 370 g/mol. The van der Waals surface area contributed by atoms with E-state index in [4.69, 9.17) is 0 Å². The second kappa shape index (κ2) is 2.72. The quantitative estimate of drug-likeness (QED) is 0.276. The van der Waals surface area contributed by atoms with E-state index in [0.29, 0.717) is 4.93 Å². The summed E-state index contributed by atoms with van der Waals surface area (Å²) in [5, 5.41) is -11.0. The van der Waals surface area contributed by atoms with Crippen molar-refractivity contribution in [1.29, 1.82) is 0 Å². The van der Waals surface area contributed by atoms with Gasteiger partial charge in [0.15, 0.2) is 0 Å². The van der Waals surface area contributed by atoms with Gasteiger partial charge in [0.2, 0.25) is 0 Å². The second-order valence-corrected chi connectivity index (χ2v) is 21.7. The van der Waals surface area contributed by atoms with Crippen LogP contribution in [0, 0.1) is 0 Å². The molecule has 0 radical (unpaired) electrons. The van der Waals surface area contributed by atoms with E-state index in [-0.39, 0.29) is 0 Å². The molecule has 0 bridgehead atoms. The Morgan fingerprint density at radius 3 is 1.14 bits per heavy atom. The fourth-order valence-electron chi connectivity index (χ4n) is 0.666. The van der Waals surface area contributed by atoms with Gasteiger partial charge >= 0.3 is 80.9 Å². The summed E-state index contributed by atoms with van der Waals surface area (Å²) >= 11 is -4.46. The minimum absolute atomic E-state index is 0.448. The van der Waals surface area contributed by atoms with Gasteiger partial charge in [-0.15, -0.1) is 0 Å². The molecule has 0 N–H and O–H groups in total. The molecule has 1 heterocycles. The van der Waals surface area contributed by atoms with Gasteiger partial charge in [0, 0.05) is 0 Å². The van der Waals surface area contributed by atoms with Crippen LogP contribution in [-0.4, -0.2) is 32.3 Å². The van der Waals surface area contributed by atoms with Gasteiger partial charge < -0.3 is 0 Å². The molecule has 0 aliphatic carbocycles. The van der Waals surface area contributed by atoms with E-state index in [2.05, 4.69) is 0 Å². The van der Waals surface area contributed by atoms with Gasteiger partial charge in [-0.1, -0.05) is 0 Å². The third-order valence-electron chi connectivity index (χ3n) is 1.52. The molecule has 4 nitrogen and oxygen atoms in total. The standard InChI is InChI=1S/C3H3F4IO4S2/c1-8-13(9,10)2(4,5)3(6,7)14(8,11)12/h1H3. The Balaban J connectivity index is 3.73. The Kier molecular flexibility index (Phi) is 2.41. The zero-order valence-corrected chi connectivity index (χ0v) is 10.1. The molecule has 1 aliphatic heterocycles. The zero-order valence-electron chi connectivity index (χ0n) is 6.34. The molecule has 0 saturated carbocycles. The van der Waals surface area contributed by atoms with Gasteiger partial charge in [0.25, 0.3) is 0 Å². The molecule has 0 spiro atoms.